The second-order valence-corrected chi connectivity index (χ2v) is 15.5. The number of nitrogens with zero attached hydrogens (tertiary/aromatic N) is 1. The van der Waals surface area contributed by atoms with Gasteiger partial charge in [0.2, 0.25) is 5.91 Å². The molecule has 0 spiro atoms. The maximum Gasteiger partial charge on any atom is 0.268 e. The summed E-state index contributed by atoms with van der Waals surface area (Å²) in [7, 11) is 1.11. The Morgan fingerprint density at radius 3 is 2.04 bits per heavy atom. The number of phosphoric ester groups is 1. The van der Waals surface area contributed by atoms with E-state index in [9.17, 15) is 24.5 Å². The van der Waals surface area contributed by atoms with E-state index in [1.165, 1.54) is 51.4 Å². The minimum absolute atomic E-state index is 0.0449. The molecule has 51 heavy (non-hydrogen) atoms. The van der Waals surface area contributed by atoms with Crippen LogP contribution in [0.25, 0.3) is 0 Å². The third-order valence-corrected chi connectivity index (χ3v) is 8.96. The lowest BCUT2D eigenvalue weighted by atomic mass is 10.1. The van der Waals surface area contributed by atoms with Gasteiger partial charge >= 0.3 is 0 Å². The van der Waals surface area contributed by atoms with Crippen molar-refractivity contribution >= 4 is 13.7 Å². The van der Waals surface area contributed by atoms with E-state index < -0.39 is 32.7 Å². The van der Waals surface area contributed by atoms with Crippen molar-refractivity contribution in [2.45, 2.75) is 141 Å². The molecule has 0 radical (unpaired) electrons. The van der Waals surface area contributed by atoms with Crippen molar-refractivity contribution in [2.24, 2.45) is 0 Å². The van der Waals surface area contributed by atoms with E-state index in [4.69, 9.17) is 9.05 Å². The average molecular weight is 737 g/mol. The summed E-state index contributed by atoms with van der Waals surface area (Å²) in [6.07, 6.45) is 38.4. The quantitative estimate of drug-likeness (QED) is 0.0203. The second-order valence-electron chi connectivity index (χ2n) is 14.1. The Morgan fingerprint density at radius 2 is 1.33 bits per heavy atom. The molecule has 0 aliphatic rings. The molecule has 0 saturated carbocycles. The van der Waals surface area contributed by atoms with Crippen molar-refractivity contribution in [3.8, 4) is 0 Å². The second kappa shape index (κ2) is 32.5. The highest BCUT2D eigenvalue weighted by Gasteiger charge is 2.23. The highest BCUT2D eigenvalue weighted by atomic mass is 31.2. The number of quaternary nitrogens is 1. The van der Waals surface area contributed by atoms with Crippen LogP contribution in [0.1, 0.15) is 123 Å². The number of aliphatic hydroxyl groups excluding tert-OH is 2. The van der Waals surface area contributed by atoms with Crippen LogP contribution < -0.4 is 10.2 Å². The molecule has 0 aromatic carbocycles. The number of carbonyl (C=O) groups is 1. The van der Waals surface area contributed by atoms with Gasteiger partial charge in [0.15, 0.2) is 0 Å². The van der Waals surface area contributed by atoms with Gasteiger partial charge < -0.3 is 34.0 Å². The number of amides is 1. The summed E-state index contributed by atoms with van der Waals surface area (Å²) in [6.45, 7) is 4.37. The van der Waals surface area contributed by atoms with Crippen LogP contribution in [0, 0.1) is 0 Å². The van der Waals surface area contributed by atoms with E-state index in [0.717, 1.165) is 32.1 Å². The molecule has 0 bridgehead atoms. The minimum Gasteiger partial charge on any atom is -0.756 e. The first kappa shape index (κ1) is 48.9. The molecule has 9 nitrogen and oxygen atoms in total. The number of likely N-dealkylation sites (N-methyl/N-ethyl adjacent to an activating group) is 1. The number of rotatable bonds is 33. The average Bonchev–Trinajstić information content (AvgIpc) is 3.06. The van der Waals surface area contributed by atoms with Gasteiger partial charge in [-0.15, -0.1) is 0 Å². The molecule has 0 fully saturated rings. The monoisotopic (exact) mass is 737 g/mol. The van der Waals surface area contributed by atoms with Gasteiger partial charge in [0.25, 0.3) is 7.82 Å². The molecule has 4 atom stereocenters. The van der Waals surface area contributed by atoms with Gasteiger partial charge in [-0.3, -0.25) is 9.36 Å². The highest BCUT2D eigenvalue weighted by Crippen LogP contribution is 2.38. The van der Waals surface area contributed by atoms with E-state index in [0.29, 0.717) is 30.3 Å². The zero-order valence-corrected chi connectivity index (χ0v) is 33.5. The number of aliphatic hydroxyl groups is 2. The smallest absolute Gasteiger partial charge is 0.268 e. The molecule has 0 aromatic heterocycles. The molecule has 1 amide bonds. The Bertz CT molecular complexity index is 1080. The van der Waals surface area contributed by atoms with Crippen molar-refractivity contribution in [2.75, 3.05) is 40.9 Å². The van der Waals surface area contributed by atoms with Crippen molar-refractivity contribution in [1.82, 2.24) is 5.32 Å². The van der Waals surface area contributed by atoms with Crippen LogP contribution in [0.3, 0.4) is 0 Å². The Kier molecular flexibility index (Phi) is 31.2. The van der Waals surface area contributed by atoms with Crippen LogP contribution in [-0.2, 0) is 18.4 Å². The first-order valence-electron chi connectivity index (χ1n) is 19.4. The summed E-state index contributed by atoms with van der Waals surface area (Å²) in [5.41, 5.74) is 0. The van der Waals surface area contributed by atoms with Gasteiger partial charge in [0.1, 0.15) is 13.2 Å². The lowest BCUT2D eigenvalue weighted by molar-refractivity contribution is -0.870. The van der Waals surface area contributed by atoms with E-state index in [1.807, 2.05) is 39.4 Å². The summed E-state index contributed by atoms with van der Waals surface area (Å²) in [5, 5.41) is 23.9. The predicted molar refractivity (Wildman–Crippen MR) is 211 cm³/mol. The number of nitrogens with one attached hydrogen (secondary N) is 1. The fourth-order valence-corrected chi connectivity index (χ4v) is 5.52. The van der Waals surface area contributed by atoms with Gasteiger partial charge in [-0.05, 0) is 64.2 Å². The fourth-order valence-electron chi connectivity index (χ4n) is 4.80. The number of phosphoric acid groups is 1. The van der Waals surface area contributed by atoms with E-state index >= 15 is 0 Å². The van der Waals surface area contributed by atoms with Crippen molar-refractivity contribution in [3.05, 3.63) is 72.9 Å². The lowest BCUT2D eigenvalue weighted by Gasteiger charge is -2.29. The highest BCUT2D eigenvalue weighted by molar-refractivity contribution is 7.45. The van der Waals surface area contributed by atoms with E-state index in [2.05, 4.69) is 55.6 Å². The molecule has 0 rings (SSSR count). The molecule has 3 N–H and O–H groups in total. The van der Waals surface area contributed by atoms with Crippen LogP contribution in [0.4, 0.5) is 0 Å². The van der Waals surface area contributed by atoms with Crippen molar-refractivity contribution in [3.63, 3.8) is 0 Å². The lowest BCUT2D eigenvalue weighted by Crippen LogP contribution is -2.45. The Hall–Kier alpha value is -2.10. The van der Waals surface area contributed by atoms with E-state index in [1.54, 1.807) is 18.2 Å². The summed E-state index contributed by atoms with van der Waals surface area (Å²) < 4.78 is 23.0. The number of carbonyl (C=O) groups excluding carboxylic acids is 1. The maximum atomic E-state index is 12.8. The number of hydrogen-bond acceptors (Lipinski definition) is 7. The van der Waals surface area contributed by atoms with Crippen LogP contribution in [-0.4, -0.2) is 79.8 Å². The molecule has 0 aromatic rings. The molecule has 1 unspecified atom stereocenters. The van der Waals surface area contributed by atoms with Gasteiger partial charge in [-0.1, -0.05) is 125 Å². The van der Waals surface area contributed by atoms with Crippen LogP contribution in [0.15, 0.2) is 72.9 Å². The fraction of sp³-hybridized carbons (Fsp3) is 0.683. The first-order chi connectivity index (χ1) is 24.4. The van der Waals surface area contributed by atoms with Crippen LogP contribution in [0.2, 0.25) is 0 Å². The largest absolute Gasteiger partial charge is 0.756 e. The van der Waals surface area contributed by atoms with E-state index in [-0.39, 0.29) is 18.9 Å². The number of unbranched alkanes of at least 4 members (excludes halogenated alkanes) is 9. The van der Waals surface area contributed by atoms with Crippen LogP contribution in [0.5, 0.6) is 0 Å². The normalized spacial score (nSPS) is 16.0. The standard InChI is InChI=1S/C41H73N2O7P/c1-6-8-10-12-14-16-18-19-21-22-24-26-28-31-38(44)32-30-34-41(46)42-39(37-50-51(47,48)49-36-35-43(3,4)5)40(45)33-29-27-25-23-20-17-15-13-11-9-7-2/h14,16,19-21,23-24,26,28-29,31,33,38-40,44-45H,6-13,15,17-18,22,25,27,30,32,34-37H2,1-5H3,(H-,42,46,47,48)/b16-14-,21-19-,23-20-,26-24-,31-28+,33-29+/t38-,39-,40+/m0/s1. The summed E-state index contributed by atoms with van der Waals surface area (Å²) in [6, 6.07) is -0.998. The molecule has 0 aliphatic heterocycles. The summed E-state index contributed by atoms with van der Waals surface area (Å²) in [4.78, 5) is 25.2. The summed E-state index contributed by atoms with van der Waals surface area (Å²) >= 11 is 0. The SMILES string of the molecule is CCCCC/C=C\C/C=C\C/C=C\C=C\[C@H](O)CCCC(=O)N[C@@H](COP(=O)([O-])OCC[N+](C)(C)C)[C@H](O)/C=C/CC/C=C\CCCCCCC. The third kappa shape index (κ3) is 34.7. The number of hydrogen-bond donors (Lipinski definition) is 3. The zero-order chi connectivity index (χ0) is 38.1. The Balaban J connectivity index is 4.79. The molecule has 0 aliphatic carbocycles. The van der Waals surface area contributed by atoms with Gasteiger partial charge in [0.05, 0.1) is 46.0 Å². The predicted octanol–water partition coefficient (Wildman–Crippen LogP) is 8.41. The zero-order valence-electron chi connectivity index (χ0n) is 32.6. The van der Waals surface area contributed by atoms with Gasteiger partial charge in [-0.25, -0.2) is 0 Å². The third-order valence-electron chi connectivity index (χ3n) is 7.99. The topological polar surface area (TPSA) is 128 Å². The van der Waals surface area contributed by atoms with Crippen molar-refractivity contribution < 1.29 is 38.0 Å². The first-order valence-corrected chi connectivity index (χ1v) is 20.9. The Morgan fingerprint density at radius 1 is 0.745 bits per heavy atom. The van der Waals surface area contributed by atoms with Crippen LogP contribution >= 0.6 is 7.82 Å². The maximum absolute atomic E-state index is 12.8. The molecule has 10 heteroatoms. The molecule has 0 saturated heterocycles. The Labute approximate surface area is 311 Å². The molecule has 0 heterocycles. The van der Waals surface area contributed by atoms with Gasteiger partial charge in [-0.2, -0.15) is 0 Å². The minimum atomic E-state index is -4.64. The number of allylic oxidation sites excluding steroid dienone is 10. The molecular formula is C41H73N2O7P. The summed E-state index contributed by atoms with van der Waals surface area (Å²) in [5.74, 6) is -0.372. The van der Waals surface area contributed by atoms with Gasteiger partial charge in [0, 0.05) is 6.42 Å². The van der Waals surface area contributed by atoms with Crippen molar-refractivity contribution in [1.29, 1.82) is 0 Å². The molecular weight excluding hydrogens is 663 g/mol. The molecule has 294 valence electrons.